The zero-order valence-electron chi connectivity index (χ0n) is 20.0. The summed E-state index contributed by atoms with van der Waals surface area (Å²) in [6, 6.07) is 16.7. The van der Waals surface area contributed by atoms with E-state index in [1.54, 1.807) is 0 Å². The van der Waals surface area contributed by atoms with Gasteiger partial charge in [-0.05, 0) is 62.1 Å². The standard InChI is InChI=1S/C27H33N7/c1-19-8-9-23(15-28-19)12-24-17-34(18-24)27-31-25(13-21-6-4-3-5-7-21)14-26(32-27)30-20(2)33-29-16-22-10-11-22/h3-9,14-15,22,24,29H,10-13,16-18H2,1-2H3,(H,30,31,32,33). The molecule has 0 amide bonds. The molecule has 1 saturated heterocycles. The molecule has 3 aromatic rings. The van der Waals surface area contributed by atoms with Gasteiger partial charge in [0.25, 0.3) is 0 Å². The van der Waals surface area contributed by atoms with Crippen LogP contribution < -0.4 is 15.8 Å². The first-order chi connectivity index (χ1) is 16.6. The van der Waals surface area contributed by atoms with Crippen LogP contribution in [0.5, 0.6) is 0 Å². The predicted molar refractivity (Wildman–Crippen MR) is 136 cm³/mol. The summed E-state index contributed by atoms with van der Waals surface area (Å²) in [5.74, 6) is 3.67. The lowest BCUT2D eigenvalue weighted by atomic mass is 9.93. The van der Waals surface area contributed by atoms with E-state index in [1.165, 1.54) is 24.0 Å². The molecule has 34 heavy (non-hydrogen) atoms. The van der Waals surface area contributed by atoms with Gasteiger partial charge in [-0.2, -0.15) is 4.98 Å². The number of hydrogen-bond donors (Lipinski definition) is 2. The number of nitrogens with zero attached hydrogens (tertiary/aromatic N) is 5. The molecule has 2 aliphatic rings. The first kappa shape index (κ1) is 22.5. The van der Waals surface area contributed by atoms with E-state index in [4.69, 9.17) is 15.0 Å². The first-order valence-corrected chi connectivity index (χ1v) is 12.2. The lowest BCUT2D eigenvalue weighted by molar-refractivity contribution is 0.401. The number of benzene rings is 1. The van der Waals surface area contributed by atoms with Gasteiger partial charge in [-0.3, -0.25) is 4.98 Å². The zero-order chi connectivity index (χ0) is 23.3. The van der Waals surface area contributed by atoms with Crippen LogP contribution in [0.15, 0.2) is 59.7 Å². The van der Waals surface area contributed by atoms with Crippen molar-refractivity contribution in [1.29, 1.82) is 0 Å². The average molecular weight is 456 g/mol. The maximum atomic E-state index is 4.90. The molecule has 2 N–H and O–H groups in total. The van der Waals surface area contributed by atoms with Gasteiger partial charge in [0.1, 0.15) is 5.84 Å². The van der Waals surface area contributed by atoms with E-state index < -0.39 is 0 Å². The molecule has 176 valence electrons. The number of aryl methyl sites for hydroxylation is 1. The van der Waals surface area contributed by atoms with Gasteiger partial charge in [0.05, 0.1) is 5.69 Å². The van der Waals surface area contributed by atoms with Gasteiger partial charge in [0.2, 0.25) is 5.95 Å². The summed E-state index contributed by atoms with van der Waals surface area (Å²) in [5, 5.41) is 0. The van der Waals surface area contributed by atoms with Gasteiger partial charge >= 0.3 is 0 Å². The topological polar surface area (TPSA) is 78.3 Å². The molecule has 1 aromatic carbocycles. The molecule has 5 rings (SSSR count). The highest BCUT2D eigenvalue weighted by molar-refractivity contribution is 5.81. The quantitative estimate of drug-likeness (QED) is 0.288. The predicted octanol–water partition coefficient (Wildman–Crippen LogP) is 4.00. The van der Waals surface area contributed by atoms with E-state index in [9.17, 15) is 0 Å². The Labute approximate surface area is 201 Å². The molecule has 2 fully saturated rings. The van der Waals surface area contributed by atoms with Crippen molar-refractivity contribution in [2.24, 2.45) is 16.8 Å². The monoisotopic (exact) mass is 455 g/mol. The SMILES string of the molecule is CC(=Nc1cc(Cc2ccccc2)nc(N2CC(Cc3ccc(C)nc3)C2)n1)NNCC1CC1. The molecule has 1 aliphatic carbocycles. The fourth-order valence-corrected chi connectivity index (χ4v) is 4.22. The van der Waals surface area contributed by atoms with E-state index >= 15 is 0 Å². The second kappa shape index (κ2) is 10.3. The molecule has 0 radical (unpaired) electrons. The Bertz CT molecular complexity index is 1120. The number of aromatic nitrogens is 3. The lowest BCUT2D eigenvalue weighted by Gasteiger charge is -2.39. The average Bonchev–Trinajstić information content (AvgIpc) is 3.62. The van der Waals surface area contributed by atoms with Crippen molar-refractivity contribution >= 4 is 17.6 Å². The molecule has 7 nitrogen and oxygen atoms in total. The number of rotatable bonds is 9. The van der Waals surface area contributed by atoms with Crippen LogP contribution in [0.3, 0.4) is 0 Å². The molecule has 0 spiro atoms. The maximum Gasteiger partial charge on any atom is 0.227 e. The highest BCUT2D eigenvalue weighted by Gasteiger charge is 2.29. The lowest BCUT2D eigenvalue weighted by Crippen LogP contribution is -2.48. The number of hydrogen-bond acceptors (Lipinski definition) is 6. The van der Waals surface area contributed by atoms with Crippen molar-refractivity contribution in [3.8, 4) is 0 Å². The summed E-state index contributed by atoms with van der Waals surface area (Å²) in [6.45, 7) is 6.87. The number of amidine groups is 1. The van der Waals surface area contributed by atoms with Crippen LogP contribution in [0, 0.1) is 18.8 Å². The Kier molecular flexibility index (Phi) is 6.81. The third-order valence-corrected chi connectivity index (χ3v) is 6.36. The molecule has 7 heteroatoms. The molecule has 1 aliphatic heterocycles. The fraction of sp³-hybridized carbons (Fsp3) is 0.407. The highest BCUT2D eigenvalue weighted by Crippen LogP contribution is 2.28. The second-order valence-electron chi connectivity index (χ2n) is 9.61. The van der Waals surface area contributed by atoms with E-state index in [0.29, 0.717) is 11.7 Å². The van der Waals surface area contributed by atoms with Gasteiger partial charge in [-0.1, -0.05) is 36.4 Å². The van der Waals surface area contributed by atoms with Crippen molar-refractivity contribution in [2.75, 3.05) is 24.5 Å². The fourth-order valence-electron chi connectivity index (χ4n) is 4.22. The number of pyridine rings is 1. The van der Waals surface area contributed by atoms with Crippen LogP contribution in [-0.2, 0) is 12.8 Å². The van der Waals surface area contributed by atoms with E-state index in [-0.39, 0.29) is 0 Å². The maximum absolute atomic E-state index is 4.90. The van der Waals surface area contributed by atoms with Crippen molar-refractivity contribution < 1.29 is 0 Å². The smallest absolute Gasteiger partial charge is 0.227 e. The Morgan fingerprint density at radius 1 is 1.03 bits per heavy atom. The van der Waals surface area contributed by atoms with Crippen LogP contribution in [0.4, 0.5) is 11.8 Å². The Hall–Kier alpha value is -3.32. The van der Waals surface area contributed by atoms with Crippen LogP contribution in [0.25, 0.3) is 0 Å². The summed E-state index contributed by atoms with van der Waals surface area (Å²) in [6.07, 6.45) is 6.43. The van der Waals surface area contributed by atoms with Gasteiger partial charge < -0.3 is 10.3 Å². The zero-order valence-corrected chi connectivity index (χ0v) is 20.0. The minimum atomic E-state index is 0.591. The molecule has 0 bridgehead atoms. The summed E-state index contributed by atoms with van der Waals surface area (Å²) < 4.78 is 0. The second-order valence-corrected chi connectivity index (χ2v) is 9.61. The van der Waals surface area contributed by atoms with E-state index in [0.717, 1.165) is 61.6 Å². The third-order valence-electron chi connectivity index (χ3n) is 6.36. The van der Waals surface area contributed by atoms with Crippen LogP contribution in [0.1, 0.15) is 42.3 Å². The van der Waals surface area contributed by atoms with E-state index in [2.05, 4.69) is 57.1 Å². The summed E-state index contributed by atoms with van der Waals surface area (Å²) in [4.78, 5) is 21.1. The molecular formula is C27H33N7. The molecule has 0 atom stereocenters. The van der Waals surface area contributed by atoms with Crippen LogP contribution in [0.2, 0.25) is 0 Å². The van der Waals surface area contributed by atoms with Crippen molar-refractivity contribution in [1.82, 2.24) is 25.8 Å². The molecule has 0 unspecified atom stereocenters. The van der Waals surface area contributed by atoms with Crippen molar-refractivity contribution in [3.05, 3.63) is 77.2 Å². The largest absolute Gasteiger partial charge is 0.340 e. The summed E-state index contributed by atoms with van der Waals surface area (Å²) in [5.41, 5.74) is 11.0. The Balaban J connectivity index is 1.28. The van der Waals surface area contributed by atoms with Crippen molar-refractivity contribution in [2.45, 2.75) is 39.5 Å². The minimum absolute atomic E-state index is 0.591. The van der Waals surface area contributed by atoms with E-state index in [1.807, 2.05) is 32.2 Å². The normalized spacial score (nSPS) is 16.4. The third kappa shape index (κ3) is 6.17. The first-order valence-electron chi connectivity index (χ1n) is 12.2. The molecule has 3 heterocycles. The Morgan fingerprint density at radius 3 is 2.59 bits per heavy atom. The molecular weight excluding hydrogens is 422 g/mol. The number of nitrogens with one attached hydrogen (secondary N) is 2. The van der Waals surface area contributed by atoms with Gasteiger partial charge in [-0.25, -0.2) is 15.4 Å². The highest BCUT2D eigenvalue weighted by atomic mass is 15.4. The van der Waals surface area contributed by atoms with Gasteiger partial charge in [-0.15, -0.1) is 0 Å². The molecule has 1 saturated carbocycles. The molecule has 2 aromatic heterocycles. The van der Waals surface area contributed by atoms with Crippen LogP contribution in [-0.4, -0.2) is 40.4 Å². The van der Waals surface area contributed by atoms with Gasteiger partial charge in [0.15, 0.2) is 5.82 Å². The number of anilines is 1. The number of hydrazine groups is 1. The minimum Gasteiger partial charge on any atom is -0.340 e. The summed E-state index contributed by atoms with van der Waals surface area (Å²) >= 11 is 0. The van der Waals surface area contributed by atoms with Crippen LogP contribution >= 0.6 is 0 Å². The van der Waals surface area contributed by atoms with Crippen molar-refractivity contribution in [3.63, 3.8) is 0 Å². The number of aliphatic imine (C=N–C) groups is 1. The van der Waals surface area contributed by atoms with Gasteiger partial charge in [0, 0.05) is 44.0 Å². The Morgan fingerprint density at radius 2 is 1.85 bits per heavy atom. The summed E-state index contributed by atoms with van der Waals surface area (Å²) in [7, 11) is 0.